The van der Waals surface area contributed by atoms with E-state index in [0.29, 0.717) is 12.5 Å². The molecule has 2 aliphatic heterocycles. The second-order valence-electron chi connectivity index (χ2n) is 6.25. The number of nitrogens with zero attached hydrogens (tertiary/aromatic N) is 2. The van der Waals surface area contributed by atoms with Crippen molar-refractivity contribution in [2.24, 2.45) is 5.92 Å². The molecule has 0 aliphatic carbocycles. The molecule has 0 radical (unpaired) electrons. The lowest BCUT2D eigenvalue weighted by molar-refractivity contribution is -0.133. The third kappa shape index (κ3) is 3.00. The van der Waals surface area contributed by atoms with Gasteiger partial charge in [0.1, 0.15) is 0 Å². The second kappa shape index (κ2) is 6.46. The van der Waals surface area contributed by atoms with Gasteiger partial charge in [-0.2, -0.15) is 0 Å². The Morgan fingerprint density at radius 3 is 3.00 bits per heavy atom. The van der Waals surface area contributed by atoms with Gasteiger partial charge in [0.15, 0.2) is 0 Å². The van der Waals surface area contributed by atoms with E-state index < -0.39 is 0 Å². The zero-order valence-electron chi connectivity index (χ0n) is 12.6. The fourth-order valence-corrected chi connectivity index (χ4v) is 4.56. The molecule has 0 bridgehead atoms. The van der Waals surface area contributed by atoms with Crippen LogP contribution in [-0.4, -0.2) is 53.1 Å². The van der Waals surface area contributed by atoms with Crippen molar-refractivity contribution in [3.8, 4) is 0 Å². The summed E-state index contributed by atoms with van der Waals surface area (Å²) in [7, 11) is 0. The number of hydrogen-bond donors (Lipinski definition) is 1. The first-order valence-electron chi connectivity index (χ1n) is 7.88. The summed E-state index contributed by atoms with van der Waals surface area (Å²) in [5.41, 5.74) is 0. The van der Waals surface area contributed by atoms with Crippen molar-refractivity contribution in [2.75, 3.05) is 26.2 Å². The lowest BCUT2D eigenvalue weighted by atomic mass is 10.0. The van der Waals surface area contributed by atoms with Crippen molar-refractivity contribution in [1.29, 1.82) is 0 Å². The maximum absolute atomic E-state index is 12.7. The van der Waals surface area contributed by atoms with Gasteiger partial charge in [-0.05, 0) is 43.2 Å². The largest absolute Gasteiger partial charge is 0.395 e. The number of hydrogen-bond acceptors (Lipinski definition) is 4. The number of carbonyl (C=O) groups excluding carboxylic acids is 1. The molecule has 2 aliphatic rings. The summed E-state index contributed by atoms with van der Waals surface area (Å²) in [6, 6.07) is 4.61. The van der Waals surface area contributed by atoms with Gasteiger partial charge < -0.3 is 10.0 Å². The molecule has 1 aromatic rings. The predicted octanol–water partition coefficient (Wildman–Crippen LogP) is 2.11. The smallest absolute Gasteiger partial charge is 0.237 e. The molecule has 1 aromatic heterocycles. The summed E-state index contributed by atoms with van der Waals surface area (Å²) in [5, 5.41) is 11.6. The summed E-state index contributed by atoms with van der Waals surface area (Å²) < 4.78 is 0. The number of aliphatic hydroxyl groups excluding tert-OH is 1. The Balaban J connectivity index is 1.65. The third-order valence-corrected chi connectivity index (χ3v) is 5.94. The Bertz CT molecular complexity index is 477. The summed E-state index contributed by atoms with van der Waals surface area (Å²) in [4.78, 5) is 18.2. The molecule has 2 fully saturated rings. The van der Waals surface area contributed by atoms with Crippen LogP contribution < -0.4 is 0 Å². The Morgan fingerprint density at radius 1 is 1.43 bits per heavy atom. The topological polar surface area (TPSA) is 43.8 Å². The van der Waals surface area contributed by atoms with Crippen LogP contribution in [0.15, 0.2) is 17.5 Å². The SMILES string of the molecule is CC1CCN(CC(=O)N2CCCC2c2cccs2)C1CO. The van der Waals surface area contributed by atoms with Crippen LogP contribution in [-0.2, 0) is 4.79 Å². The minimum absolute atomic E-state index is 0.150. The molecule has 0 aromatic carbocycles. The number of rotatable bonds is 4. The number of thiophene rings is 1. The molecule has 1 amide bonds. The third-order valence-electron chi connectivity index (χ3n) is 4.97. The van der Waals surface area contributed by atoms with Gasteiger partial charge in [0.05, 0.1) is 19.2 Å². The molecular formula is C16H24N2O2S. The van der Waals surface area contributed by atoms with Gasteiger partial charge in [-0.3, -0.25) is 9.69 Å². The Labute approximate surface area is 130 Å². The molecule has 2 saturated heterocycles. The van der Waals surface area contributed by atoms with Crippen LogP contribution >= 0.6 is 11.3 Å². The van der Waals surface area contributed by atoms with Crippen LogP contribution in [0.5, 0.6) is 0 Å². The van der Waals surface area contributed by atoms with Crippen LogP contribution in [0.4, 0.5) is 0 Å². The van der Waals surface area contributed by atoms with E-state index in [1.807, 2.05) is 4.90 Å². The summed E-state index contributed by atoms with van der Waals surface area (Å²) in [6.45, 7) is 4.57. The average molecular weight is 308 g/mol. The maximum atomic E-state index is 12.7. The highest BCUT2D eigenvalue weighted by molar-refractivity contribution is 7.10. The van der Waals surface area contributed by atoms with Gasteiger partial charge in [-0.15, -0.1) is 11.3 Å². The fourth-order valence-electron chi connectivity index (χ4n) is 3.69. The monoisotopic (exact) mass is 308 g/mol. The van der Waals surface area contributed by atoms with E-state index in [-0.39, 0.29) is 24.6 Å². The maximum Gasteiger partial charge on any atom is 0.237 e. The van der Waals surface area contributed by atoms with Crippen molar-refractivity contribution in [3.05, 3.63) is 22.4 Å². The van der Waals surface area contributed by atoms with Gasteiger partial charge in [0.25, 0.3) is 0 Å². The summed E-state index contributed by atoms with van der Waals surface area (Å²) >= 11 is 1.74. The van der Waals surface area contributed by atoms with E-state index in [1.54, 1.807) is 11.3 Å². The lowest BCUT2D eigenvalue weighted by Gasteiger charge is -2.29. The summed E-state index contributed by atoms with van der Waals surface area (Å²) in [6.07, 6.45) is 3.24. The van der Waals surface area contributed by atoms with Crippen molar-refractivity contribution >= 4 is 17.2 Å². The van der Waals surface area contributed by atoms with Gasteiger partial charge in [-0.25, -0.2) is 0 Å². The predicted molar refractivity (Wildman–Crippen MR) is 84.2 cm³/mol. The van der Waals surface area contributed by atoms with E-state index in [9.17, 15) is 9.90 Å². The highest BCUT2D eigenvalue weighted by atomic mass is 32.1. The van der Waals surface area contributed by atoms with Gasteiger partial charge in [0, 0.05) is 17.5 Å². The molecular weight excluding hydrogens is 284 g/mol. The molecule has 4 nitrogen and oxygen atoms in total. The van der Waals surface area contributed by atoms with Crippen molar-refractivity contribution in [3.63, 3.8) is 0 Å². The fraction of sp³-hybridized carbons (Fsp3) is 0.688. The van der Waals surface area contributed by atoms with E-state index in [0.717, 1.165) is 32.4 Å². The van der Waals surface area contributed by atoms with E-state index in [2.05, 4.69) is 29.3 Å². The quantitative estimate of drug-likeness (QED) is 0.926. The standard InChI is InChI=1S/C16H24N2O2S/c1-12-6-8-17(14(12)11-19)10-16(20)18-7-2-4-13(18)15-5-3-9-21-15/h3,5,9,12-14,19H,2,4,6-8,10-11H2,1H3. The summed E-state index contributed by atoms with van der Waals surface area (Å²) in [5.74, 6) is 0.702. The van der Waals surface area contributed by atoms with Crippen LogP contribution in [0, 0.1) is 5.92 Å². The molecule has 116 valence electrons. The van der Waals surface area contributed by atoms with Crippen LogP contribution in [0.25, 0.3) is 0 Å². The molecule has 3 unspecified atom stereocenters. The normalized spacial score (nSPS) is 30.2. The molecule has 3 atom stereocenters. The van der Waals surface area contributed by atoms with Gasteiger partial charge >= 0.3 is 0 Å². The number of aliphatic hydroxyl groups is 1. The molecule has 21 heavy (non-hydrogen) atoms. The molecule has 5 heteroatoms. The lowest BCUT2D eigenvalue weighted by Crippen LogP contribution is -2.44. The zero-order valence-corrected chi connectivity index (χ0v) is 13.4. The Morgan fingerprint density at radius 2 is 2.29 bits per heavy atom. The van der Waals surface area contributed by atoms with Crippen LogP contribution in [0.1, 0.15) is 37.1 Å². The Kier molecular flexibility index (Phi) is 4.62. The van der Waals surface area contributed by atoms with Crippen molar-refractivity contribution in [2.45, 2.75) is 38.3 Å². The molecule has 0 saturated carbocycles. The molecule has 3 heterocycles. The minimum Gasteiger partial charge on any atom is -0.395 e. The van der Waals surface area contributed by atoms with E-state index in [1.165, 1.54) is 4.88 Å². The number of amides is 1. The Hall–Kier alpha value is -0.910. The second-order valence-corrected chi connectivity index (χ2v) is 7.23. The highest BCUT2D eigenvalue weighted by Crippen LogP contribution is 2.35. The highest BCUT2D eigenvalue weighted by Gasteiger charge is 2.35. The number of likely N-dealkylation sites (tertiary alicyclic amines) is 2. The first kappa shape index (κ1) is 15.0. The van der Waals surface area contributed by atoms with Crippen molar-refractivity contribution in [1.82, 2.24) is 9.80 Å². The first-order valence-corrected chi connectivity index (χ1v) is 8.76. The first-order chi connectivity index (χ1) is 10.2. The van der Waals surface area contributed by atoms with Crippen molar-refractivity contribution < 1.29 is 9.90 Å². The minimum atomic E-state index is 0.150. The van der Waals surface area contributed by atoms with E-state index >= 15 is 0 Å². The van der Waals surface area contributed by atoms with Crippen LogP contribution in [0.2, 0.25) is 0 Å². The van der Waals surface area contributed by atoms with Gasteiger partial charge in [0.2, 0.25) is 5.91 Å². The molecule has 1 N–H and O–H groups in total. The zero-order chi connectivity index (χ0) is 14.8. The number of carbonyl (C=O) groups is 1. The molecule has 0 spiro atoms. The van der Waals surface area contributed by atoms with E-state index in [4.69, 9.17) is 0 Å². The van der Waals surface area contributed by atoms with Gasteiger partial charge in [-0.1, -0.05) is 13.0 Å². The average Bonchev–Trinajstić information content (AvgIpc) is 3.18. The van der Waals surface area contributed by atoms with Crippen LogP contribution in [0.3, 0.4) is 0 Å². The molecule has 3 rings (SSSR count).